The molecule has 0 spiro atoms. The van der Waals surface area contributed by atoms with E-state index < -0.39 is 0 Å². The van der Waals surface area contributed by atoms with Crippen LogP contribution in [-0.4, -0.2) is 0 Å². The van der Waals surface area contributed by atoms with Crippen molar-refractivity contribution in [3.8, 4) is 0 Å². The van der Waals surface area contributed by atoms with E-state index in [-0.39, 0.29) is 5.38 Å². The molecule has 2 aromatic heterocycles. The molecule has 0 atom stereocenters. The van der Waals surface area contributed by atoms with Gasteiger partial charge in [0.25, 0.3) is 0 Å². The molecule has 74 valence electrons. The van der Waals surface area contributed by atoms with E-state index in [1.54, 1.807) is 22.7 Å². The summed E-state index contributed by atoms with van der Waals surface area (Å²) in [6, 6.07) is 4.05. The van der Waals surface area contributed by atoms with Gasteiger partial charge in [-0.3, -0.25) is 0 Å². The lowest BCUT2D eigenvalue weighted by Gasteiger charge is -2.06. The van der Waals surface area contributed by atoms with Crippen LogP contribution in [0.4, 0.5) is 0 Å². The topological polar surface area (TPSA) is 0 Å². The molecule has 14 heavy (non-hydrogen) atoms. The van der Waals surface area contributed by atoms with Crippen LogP contribution in [0.25, 0.3) is 0 Å². The van der Waals surface area contributed by atoms with E-state index in [4.69, 9.17) is 11.6 Å². The van der Waals surface area contributed by atoms with Crippen molar-refractivity contribution in [3.05, 3.63) is 41.6 Å². The van der Waals surface area contributed by atoms with Crippen LogP contribution >= 0.6 is 66.1 Å². The van der Waals surface area contributed by atoms with Crippen LogP contribution in [0.5, 0.6) is 0 Å². The van der Waals surface area contributed by atoms with E-state index in [0.717, 1.165) is 18.7 Å². The van der Waals surface area contributed by atoms with E-state index in [1.165, 1.54) is 0 Å². The van der Waals surface area contributed by atoms with Gasteiger partial charge < -0.3 is 0 Å². The summed E-state index contributed by atoms with van der Waals surface area (Å²) in [5.41, 5.74) is 0. The monoisotopic (exact) mass is 370 g/mol. The van der Waals surface area contributed by atoms with Crippen LogP contribution in [0.2, 0.25) is 0 Å². The summed E-state index contributed by atoms with van der Waals surface area (Å²) in [5.74, 6) is 0. The van der Waals surface area contributed by atoms with Crippen molar-refractivity contribution < 1.29 is 0 Å². The summed E-state index contributed by atoms with van der Waals surface area (Å²) in [7, 11) is 0. The summed E-state index contributed by atoms with van der Waals surface area (Å²) in [6.07, 6.45) is 0. The number of hydrogen-bond acceptors (Lipinski definition) is 2. The molecule has 0 aromatic carbocycles. The zero-order valence-electron chi connectivity index (χ0n) is 6.84. The summed E-state index contributed by atoms with van der Waals surface area (Å²) >= 11 is 16.7. The largest absolute Gasteiger partial charge is 0.146 e. The Balaban J connectivity index is 2.38. The zero-order valence-corrected chi connectivity index (χ0v) is 12.4. The van der Waals surface area contributed by atoms with Gasteiger partial charge in [-0.2, -0.15) is 0 Å². The molecule has 0 bridgehead atoms. The molecule has 0 aliphatic carbocycles. The van der Waals surface area contributed by atoms with E-state index in [2.05, 4.69) is 31.9 Å². The van der Waals surface area contributed by atoms with Gasteiger partial charge in [0.15, 0.2) is 0 Å². The summed E-state index contributed by atoms with van der Waals surface area (Å²) in [5, 5.41) is 4.02. The number of alkyl halides is 1. The average molecular weight is 373 g/mol. The van der Waals surface area contributed by atoms with Crippen molar-refractivity contribution >= 4 is 66.1 Å². The van der Waals surface area contributed by atoms with Crippen molar-refractivity contribution in [2.24, 2.45) is 0 Å². The summed E-state index contributed by atoms with van der Waals surface area (Å²) in [4.78, 5) is 2.32. The molecule has 5 heteroatoms. The quantitative estimate of drug-likeness (QED) is 0.597. The van der Waals surface area contributed by atoms with Crippen LogP contribution in [0.3, 0.4) is 0 Å². The fourth-order valence-corrected chi connectivity index (χ4v) is 5.14. The molecule has 0 unspecified atom stereocenters. The molecular formula is C9H5Br2ClS2. The molecule has 0 aliphatic rings. The van der Waals surface area contributed by atoms with E-state index in [9.17, 15) is 0 Å². The smallest absolute Gasteiger partial charge is 0.104 e. The molecule has 2 rings (SSSR count). The molecule has 0 fully saturated rings. The van der Waals surface area contributed by atoms with Gasteiger partial charge in [0.1, 0.15) is 5.38 Å². The van der Waals surface area contributed by atoms with Gasteiger partial charge >= 0.3 is 0 Å². The van der Waals surface area contributed by atoms with Gasteiger partial charge in [-0.05, 0) is 54.8 Å². The molecule has 0 N–H and O–H groups in total. The van der Waals surface area contributed by atoms with E-state index >= 15 is 0 Å². The number of halogens is 3. The highest BCUT2D eigenvalue weighted by Crippen LogP contribution is 2.42. The first-order chi connectivity index (χ1) is 6.70. The fourth-order valence-electron chi connectivity index (χ4n) is 1.09. The minimum Gasteiger partial charge on any atom is -0.146 e. The van der Waals surface area contributed by atoms with Gasteiger partial charge in [0, 0.05) is 18.7 Å². The van der Waals surface area contributed by atoms with Gasteiger partial charge in [-0.15, -0.1) is 34.3 Å². The van der Waals surface area contributed by atoms with Crippen molar-refractivity contribution in [1.29, 1.82) is 0 Å². The zero-order chi connectivity index (χ0) is 10.1. The van der Waals surface area contributed by atoms with Gasteiger partial charge in [-0.25, -0.2) is 0 Å². The summed E-state index contributed by atoms with van der Waals surface area (Å²) < 4.78 is 2.17. The van der Waals surface area contributed by atoms with Crippen LogP contribution < -0.4 is 0 Å². The van der Waals surface area contributed by atoms with Crippen molar-refractivity contribution in [1.82, 2.24) is 0 Å². The molecule has 0 saturated carbocycles. The highest BCUT2D eigenvalue weighted by Gasteiger charge is 2.18. The van der Waals surface area contributed by atoms with Crippen LogP contribution in [0, 0.1) is 0 Å². The average Bonchev–Trinajstić information content (AvgIpc) is 2.73. The molecular weight excluding hydrogens is 367 g/mol. The number of hydrogen-bond donors (Lipinski definition) is 0. The lowest BCUT2D eigenvalue weighted by molar-refractivity contribution is 1.21. The van der Waals surface area contributed by atoms with Gasteiger partial charge in [-0.1, -0.05) is 0 Å². The molecule has 0 radical (unpaired) electrons. The second-order valence-corrected chi connectivity index (χ2v) is 6.67. The first-order valence-electron chi connectivity index (χ1n) is 3.80. The predicted octanol–water partition coefficient (Wildman–Crippen LogP) is 5.66. The third-order valence-corrected chi connectivity index (χ3v) is 6.32. The second-order valence-electron chi connectivity index (χ2n) is 2.63. The third-order valence-electron chi connectivity index (χ3n) is 1.75. The summed E-state index contributed by atoms with van der Waals surface area (Å²) in [6.45, 7) is 0. The Labute approximate surface area is 112 Å². The van der Waals surface area contributed by atoms with Crippen molar-refractivity contribution in [3.63, 3.8) is 0 Å². The van der Waals surface area contributed by atoms with Gasteiger partial charge in [0.2, 0.25) is 0 Å². The third kappa shape index (κ3) is 2.09. The first-order valence-corrected chi connectivity index (χ1v) is 7.58. The Morgan fingerprint density at radius 3 is 1.71 bits per heavy atom. The Kier molecular flexibility index (Phi) is 3.71. The standard InChI is InChI=1S/C9H5Br2ClS2/c10-5-1-3-13-8(5)7(12)9-6(11)2-4-14-9/h1-4,7H. The minimum absolute atomic E-state index is 0.0567. The predicted molar refractivity (Wildman–Crippen MR) is 71.7 cm³/mol. The Hall–Kier alpha value is 0.650. The van der Waals surface area contributed by atoms with Crippen molar-refractivity contribution in [2.75, 3.05) is 0 Å². The fraction of sp³-hybridized carbons (Fsp3) is 0.111. The normalized spacial score (nSPS) is 11.1. The highest BCUT2D eigenvalue weighted by atomic mass is 79.9. The molecule has 0 aliphatic heterocycles. The Bertz CT molecular complexity index is 395. The Morgan fingerprint density at radius 2 is 1.43 bits per heavy atom. The highest BCUT2D eigenvalue weighted by molar-refractivity contribution is 9.11. The second kappa shape index (κ2) is 4.66. The van der Waals surface area contributed by atoms with E-state index in [0.29, 0.717) is 0 Å². The van der Waals surface area contributed by atoms with Crippen LogP contribution in [-0.2, 0) is 0 Å². The minimum atomic E-state index is -0.0567. The van der Waals surface area contributed by atoms with Crippen LogP contribution in [0.15, 0.2) is 31.8 Å². The van der Waals surface area contributed by atoms with Crippen LogP contribution in [0.1, 0.15) is 15.1 Å². The van der Waals surface area contributed by atoms with E-state index in [1.807, 2.05) is 22.9 Å². The maximum atomic E-state index is 6.39. The van der Waals surface area contributed by atoms with Crippen molar-refractivity contribution in [2.45, 2.75) is 5.38 Å². The first kappa shape index (κ1) is 11.1. The number of rotatable bonds is 2. The molecule has 2 heterocycles. The number of thiophene rings is 2. The lowest BCUT2D eigenvalue weighted by Crippen LogP contribution is -1.87. The molecule has 0 saturated heterocycles. The SMILES string of the molecule is ClC(c1sccc1Br)c1sccc1Br. The Morgan fingerprint density at radius 1 is 1.00 bits per heavy atom. The maximum Gasteiger partial charge on any atom is 0.104 e. The molecule has 2 aromatic rings. The molecule has 0 amide bonds. The maximum absolute atomic E-state index is 6.39. The molecule has 0 nitrogen and oxygen atoms in total. The van der Waals surface area contributed by atoms with Gasteiger partial charge in [0.05, 0.1) is 0 Å². The lowest BCUT2D eigenvalue weighted by atomic mass is 10.3.